The Morgan fingerprint density at radius 1 is 1.42 bits per heavy atom. The molecule has 0 bridgehead atoms. The highest BCUT2D eigenvalue weighted by atomic mass is 16.5. The van der Waals surface area contributed by atoms with E-state index >= 15 is 0 Å². The van der Waals surface area contributed by atoms with Gasteiger partial charge in [-0.3, -0.25) is 10.7 Å². The first-order chi connectivity index (χ1) is 9.13. The molecule has 0 unspecified atom stereocenters. The van der Waals surface area contributed by atoms with Crippen molar-refractivity contribution in [1.29, 1.82) is 0 Å². The van der Waals surface area contributed by atoms with Gasteiger partial charge in [0.1, 0.15) is 5.75 Å². The lowest BCUT2D eigenvalue weighted by molar-refractivity contribution is -0.453. The number of hydrogen-bond donors (Lipinski definition) is 3. The number of hydrogen-bond acceptors (Lipinski definition) is 3. The van der Waals surface area contributed by atoms with Crippen molar-refractivity contribution in [2.75, 3.05) is 19.0 Å². The summed E-state index contributed by atoms with van der Waals surface area (Å²) in [5.74, 6) is 1.67. The first-order valence-electron chi connectivity index (χ1n) is 6.09. The number of benzene rings is 1. The SMILES string of the molecule is CC[NH+]=C(N)Nc1nc(C)c2ccc(OC)cc2n1. The highest BCUT2D eigenvalue weighted by Crippen LogP contribution is 2.22. The molecule has 0 aliphatic rings. The van der Waals surface area contributed by atoms with Crippen molar-refractivity contribution in [2.45, 2.75) is 13.8 Å². The molecule has 0 radical (unpaired) electrons. The molecule has 19 heavy (non-hydrogen) atoms. The zero-order valence-electron chi connectivity index (χ0n) is 11.3. The van der Waals surface area contributed by atoms with Crippen LogP contribution in [0.15, 0.2) is 18.2 Å². The van der Waals surface area contributed by atoms with E-state index in [0.717, 1.165) is 28.9 Å². The summed E-state index contributed by atoms with van der Waals surface area (Å²) in [4.78, 5) is 11.8. The topological polar surface area (TPSA) is 87.0 Å². The maximum Gasteiger partial charge on any atom is 0.348 e. The highest BCUT2D eigenvalue weighted by Gasteiger charge is 2.09. The van der Waals surface area contributed by atoms with Gasteiger partial charge in [0, 0.05) is 11.5 Å². The molecule has 0 saturated carbocycles. The van der Waals surface area contributed by atoms with Crippen LogP contribution in [0.4, 0.5) is 5.95 Å². The van der Waals surface area contributed by atoms with Crippen LogP contribution >= 0.6 is 0 Å². The van der Waals surface area contributed by atoms with E-state index in [4.69, 9.17) is 10.5 Å². The molecule has 0 aliphatic heterocycles. The second-order valence-corrected chi connectivity index (χ2v) is 4.08. The van der Waals surface area contributed by atoms with Crippen LogP contribution in [-0.2, 0) is 0 Å². The summed E-state index contributed by atoms with van der Waals surface area (Å²) in [7, 11) is 1.63. The number of nitrogens with one attached hydrogen (secondary N) is 2. The molecular weight excluding hydrogens is 242 g/mol. The number of ether oxygens (including phenoxy) is 1. The number of nitrogens with two attached hydrogens (primary N) is 1. The van der Waals surface area contributed by atoms with Gasteiger partial charge in [-0.05, 0) is 26.0 Å². The van der Waals surface area contributed by atoms with Gasteiger partial charge in [-0.1, -0.05) is 0 Å². The van der Waals surface area contributed by atoms with Gasteiger partial charge in [0.2, 0.25) is 0 Å². The number of anilines is 1. The lowest BCUT2D eigenvalue weighted by atomic mass is 10.2. The maximum atomic E-state index is 5.76. The van der Waals surface area contributed by atoms with E-state index in [2.05, 4.69) is 20.3 Å². The predicted octanol–water partition coefficient (Wildman–Crippen LogP) is -0.226. The smallest absolute Gasteiger partial charge is 0.348 e. The lowest BCUT2D eigenvalue weighted by Crippen LogP contribution is -2.76. The minimum atomic E-state index is 0.434. The van der Waals surface area contributed by atoms with Crippen LogP contribution in [0.3, 0.4) is 0 Å². The third kappa shape index (κ3) is 2.90. The largest absolute Gasteiger partial charge is 0.497 e. The van der Waals surface area contributed by atoms with Crippen molar-refractivity contribution in [2.24, 2.45) is 5.73 Å². The Kier molecular flexibility index (Phi) is 3.79. The molecule has 2 aromatic rings. The fourth-order valence-electron chi connectivity index (χ4n) is 1.81. The third-order valence-electron chi connectivity index (χ3n) is 2.71. The van der Waals surface area contributed by atoms with E-state index < -0.39 is 0 Å². The Morgan fingerprint density at radius 3 is 2.89 bits per heavy atom. The highest BCUT2D eigenvalue weighted by molar-refractivity contribution is 5.88. The molecule has 4 N–H and O–H groups in total. The second-order valence-electron chi connectivity index (χ2n) is 4.08. The number of fused-ring (bicyclic) bond motifs is 1. The van der Waals surface area contributed by atoms with Crippen molar-refractivity contribution in [3.05, 3.63) is 23.9 Å². The number of aromatic nitrogens is 2. The predicted molar refractivity (Wildman–Crippen MR) is 75.1 cm³/mol. The van der Waals surface area contributed by atoms with Crippen LogP contribution in [0.1, 0.15) is 12.6 Å². The molecule has 0 aliphatic carbocycles. The van der Waals surface area contributed by atoms with Gasteiger partial charge >= 0.3 is 5.96 Å². The zero-order valence-corrected chi connectivity index (χ0v) is 11.3. The van der Waals surface area contributed by atoms with Crippen molar-refractivity contribution in [3.8, 4) is 5.75 Å². The summed E-state index contributed by atoms with van der Waals surface area (Å²) in [5, 5.41) is 3.93. The van der Waals surface area contributed by atoms with Gasteiger partial charge in [0.25, 0.3) is 5.95 Å². The van der Waals surface area contributed by atoms with E-state index in [9.17, 15) is 0 Å². The molecule has 1 aromatic heterocycles. The summed E-state index contributed by atoms with van der Waals surface area (Å²) < 4.78 is 5.20. The average molecular weight is 260 g/mol. The minimum absolute atomic E-state index is 0.434. The monoisotopic (exact) mass is 260 g/mol. The van der Waals surface area contributed by atoms with E-state index in [1.165, 1.54) is 0 Å². The lowest BCUT2D eigenvalue weighted by Gasteiger charge is -2.05. The van der Waals surface area contributed by atoms with E-state index in [1.54, 1.807) is 7.11 Å². The van der Waals surface area contributed by atoms with E-state index in [0.29, 0.717) is 11.9 Å². The fraction of sp³-hybridized carbons (Fsp3) is 0.308. The summed E-state index contributed by atoms with van der Waals surface area (Å²) >= 11 is 0. The molecule has 0 atom stereocenters. The summed E-state index contributed by atoms with van der Waals surface area (Å²) in [6.45, 7) is 4.64. The van der Waals surface area contributed by atoms with Gasteiger partial charge < -0.3 is 4.74 Å². The molecular formula is C13H18N5O+. The van der Waals surface area contributed by atoms with Crippen molar-refractivity contribution in [3.63, 3.8) is 0 Å². The van der Waals surface area contributed by atoms with Gasteiger partial charge in [-0.15, -0.1) is 0 Å². The van der Waals surface area contributed by atoms with Crippen LogP contribution in [0.5, 0.6) is 5.75 Å². The van der Waals surface area contributed by atoms with Crippen LogP contribution in [0.2, 0.25) is 0 Å². The standard InChI is InChI=1S/C13H17N5O/c1-4-15-12(14)18-13-16-8(2)10-6-5-9(19-3)7-11(10)17-13/h5-7H,4H2,1-3H3,(H3,14,15,16,17,18)/p+1. The van der Waals surface area contributed by atoms with Crippen LogP contribution in [0.25, 0.3) is 10.9 Å². The van der Waals surface area contributed by atoms with Gasteiger partial charge in [-0.25, -0.2) is 10.3 Å². The molecule has 100 valence electrons. The molecule has 0 amide bonds. The molecule has 1 aromatic carbocycles. The fourth-order valence-corrected chi connectivity index (χ4v) is 1.81. The number of guanidine groups is 1. The number of aryl methyl sites for hydroxylation is 1. The molecule has 2 rings (SSSR count). The Balaban J connectivity index is 2.44. The molecule has 1 heterocycles. The van der Waals surface area contributed by atoms with Crippen molar-refractivity contribution < 1.29 is 9.73 Å². The van der Waals surface area contributed by atoms with Gasteiger partial charge in [0.15, 0.2) is 0 Å². The summed E-state index contributed by atoms with van der Waals surface area (Å²) in [6, 6.07) is 5.72. The second kappa shape index (κ2) is 5.51. The van der Waals surface area contributed by atoms with Crippen molar-refractivity contribution >= 4 is 22.8 Å². The first kappa shape index (κ1) is 13.1. The first-order valence-corrected chi connectivity index (χ1v) is 6.09. The quantitative estimate of drug-likeness (QED) is 0.524. The number of methoxy groups -OCH3 is 1. The Bertz CT molecular complexity index is 624. The van der Waals surface area contributed by atoms with Crippen LogP contribution in [-0.4, -0.2) is 29.6 Å². The van der Waals surface area contributed by atoms with E-state index in [-0.39, 0.29) is 0 Å². The molecule has 6 heteroatoms. The molecule has 6 nitrogen and oxygen atoms in total. The zero-order chi connectivity index (χ0) is 13.8. The maximum absolute atomic E-state index is 5.76. The third-order valence-corrected chi connectivity index (χ3v) is 2.71. The summed E-state index contributed by atoms with van der Waals surface area (Å²) in [5.41, 5.74) is 7.46. The number of rotatable bonds is 3. The minimum Gasteiger partial charge on any atom is -0.497 e. The van der Waals surface area contributed by atoms with Gasteiger partial charge in [0.05, 0.1) is 24.9 Å². The Hall–Kier alpha value is -2.37. The molecule has 0 saturated heterocycles. The van der Waals surface area contributed by atoms with Crippen LogP contribution in [0, 0.1) is 6.92 Å². The van der Waals surface area contributed by atoms with Crippen molar-refractivity contribution in [1.82, 2.24) is 9.97 Å². The number of nitrogens with zero attached hydrogens (tertiary/aromatic N) is 2. The Labute approximate surface area is 111 Å². The molecule has 0 spiro atoms. The average Bonchev–Trinajstić information content (AvgIpc) is 2.38. The Morgan fingerprint density at radius 2 is 2.21 bits per heavy atom. The van der Waals surface area contributed by atoms with E-state index in [1.807, 2.05) is 32.0 Å². The normalized spacial score (nSPS) is 11.6. The van der Waals surface area contributed by atoms with Crippen LogP contribution < -0.4 is 20.8 Å². The molecule has 0 fully saturated rings. The summed E-state index contributed by atoms with van der Waals surface area (Å²) in [6.07, 6.45) is 0. The van der Waals surface area contributed by atoms with Gasteiger partial charge in [-0.2, -0.15) is 4.98 Å².